The molecule has 180 valence electrons. The number of nitro groups is 1. The second kappa shape index (κ2) is 10.8. The first-order valence-corrected chi connectivity index (χ1v) is 11.7. The Labute approximate surface area is 204 Å². The van der Waals surface area contributed by atoms with Crippen molar-refractivity contribution in [1.29, 1.82) is 0 Å². The van der Waals surface area contributed by atoms with E-state index in [-0.39, 0.29) is 23.2 Å². The van der Waals surface area contributed by atoms with Crippen molar-refractivity contribution in [2.24, 2.45) is 0 Å². The van der Waals surface area contributed by atoms with Gasteiger partial charge in [-0.15, -0.1) is 0 Å². The van der Waals surface area contributed by atoms with Gasteiger partial charge in [0, 0.05) is 41.7 Å². The van der Waals surface area contributed by atoms with Gasteiger partial charge in [-0.1, -0.05) is 37.5 Å². The van der Waals surface area contributed by atoms with E-state index >= 15 is 0 Å². The first-order valence-electron chi connectivity index (χ1n) is 11.7. The average molecular weight is 473 g/mol. The van der Waals surface area contributed by atoms with Crippen LogP contribution in [0.3, 0.4) is 0 Å². The third-order valence-electron chi connectivity index (χ3n) is 6.26. The summed E-state index contributed by atoms with van der Waals surface area (Å²) < 4.78 is 0. The van der Waals surface area contributed by atoms with Crippen LogP contribution in [0, 0.1) is 10.1 Å². The molecule has 0 radical (unpaired) electrons. The molecule has 8 nitrogen and oxygen atoms in total. The summed E-state index contributed by atoms with van der Waals surface area (Å²) in [6.07, 6.45) is 5.38. The number of anilines is 3. The second-order valence-corrected chi connectivity index (χ2v) is 8.70. The molecule has 3 aromatic carbocycles. The number of nitrogens with one attached hydrogen (secondary N) is 2. The van der Waals surface area contributed by atoms with E-state index in [9.17, 15) is 19.7 Å². The van der Waals surface area contributed by atoms with Crippen molar-refractivity contribution < 1.29 is 14.5 Å². The van der Waals surface area contributed by atoms with E-state index in [1.807, 2.05) is 30.3 Å². The third-order valence-corrected chi connectivity index (χ3v) is 6.26. The molecule has 2 N–H and O–H groups in total. The maximum absolute atomic E-state index is 12.8. The summed E-state index contributed by atoms with van der Waals surface area (Å²) in [7, 11) is 1.70. The first-order chi connectivity index (χ1) is 16.9. The van der Waals surface area contributed by atoms with Crippen LogP contribution in [0.15, 0.2) is 72.8 Å². The number of amides is 2. The fourth-order valence-corrected chi connectivity index (χ4v) is 4.27. The molecule has 1 saturated carbocycles. The van der Waals surface area contributed by atoms with Crippen molar-refractivity contribution in [3.05, 3.63) is 94.0 Å². The summed E-state index contributed by atoms with van der Waals surface area (Å²) in [5.74, 6) is -0.636. The minimum Gasteiger partial charge on any atom is -0.377 e. The van der Waals surface area contributed by atoms with Gasteiger partial charge in [0.05, 0.1) is 4.92 Å². The van der Waals surface area contributed by atoms with Crippen LogP contribution in [0.5, 0.6) is 0 Å². The van der Waals surface area contributed by atoms with Gasteiger partial charge in [-0.2, -0.15) is 0 Å². The van der Waals surface area contributed by atoms with Gasteiger partial charge < -0.3 is 15.5 Å². The zero-order valence-corrected chi connectivity index (χ0v) is 19.6. The lowest BCUT2D eigenvalue weighted by Gasteiger charge is -2.23. The summed E-state index contributed by atoms with van der Waals surface area (Å²) in [6, 6.07) is 20.5. The monoisotopic (exact) mass is 472 g/mol. The molecule has 0 unspecified atom stereocenters. The molecule has 8 heteroatoms. The summed E-state index contributed by atoms with van der Waals surface area (Å²) in [5.41, 5.74) is 2.24. The van der Waals surface area contributed by atoms with Gasteiger partial charge in [0.2, 0.25) is 0 Å². The van der Waals surface area contributed by atoms with Crippen LogP contribution in [-0.2, 0) is 0 Å². The largest absolute Gasteiger partial charge is 0.377 e. The van der Waals surface area contributed by atoms with E-state index in [0.29, 0.717) is 16.9 Å². The zero-order chi connectivity index (χ0) is 24.8. The Hall–Kier alpha value is -4.20. The molecular formula is C27H28N4O4. The Morgan fingerprint density at radius 3 is 2.23 bits per heavy atom. The summed E-state index contributed by atoms with van der Waals surface area (Å²) >= 11 is 0. The lowest BCUT2D eigenvalue weighted by atomic mass is 9.95. The molecule has 0 aromatic heterocycles. The van der Waals surface area contributed by atoms with E-state index in [4.69, 9.17) is 0 Å². The number of rotatable bonds is 7. The molecule has 4 rings (SSSR count). The van der Waals surface area contributed by atoms with Crippen LogP contribution in [0.2, 0.25) is 0 Å². The van der Waals surface area contributed by atoms with E-state index < -0.39 is 10.8 Å². The maximum atomic E-state index is 12.8. The molecule has 1 aliphatic carbocycles. The number of para-hydroxylation sites is 1. The zero-order valence-electron chi connectivity index (χ0n) is 19.6. The van der Waals surface area contributed by atoms with Gasteiger partial charge in [-0.3, -0.25) is 19.7 Å². The summed E-state index contributed by atoms with van der Waals surface area (Å²) in [5, 5.41) is 17.7. The van der Waals surface area contributed by atoms with E-state index in [1.54, 1.807) is 48.3 Å². The third kappa shape index (κ3) is 5.84. The van der Waals surface area contributed by atoms with Crippen LogP contribution in [0.25, 0.3) is 0 Å². The number of benzene rings is 3. The lowest BCUT2D eigenvalue weighted by molar-refractivity contribution is -0.384. The van der Waals surface area contributed by atoms with Crippen LogP contribution in [0.1, 0.15) is 52.8 Å². The molecular weight excluding hydrogens is 444 g/mol. The van der Waals surface area contributed by atoms with E-state index in [0.717, 1.165) is 31.4 Å². The van der Waals surface area contributed by atoms with Crippen LogP contribution < -0.4 is 15.5 Å². The fourth-order valence-electron chi connectivity index (χ4n) is 4.27. The number of nitro benzene ring substituents is 1. The lowest BCUT2D eigenvalue weighted by Crippen LogP contribution is -2.26. The average Bonchev–Trinajstić information content (AvgIpc) is 2.89. The van der Waals surface area contributed by atoms with Gasteiger partial charge in [0.25, 0.3) is 17.5 Å². The Morgan fingerprint density at radius 2 is 1.57 bits per heavy atom. The standard InChI is InChI=1S/C27H28N4O4/c1-30(23-10-6-3-7-11-23)27(33)19-12-15-22(16-13-19)29-26(32)20-14-17-24(25(18-20)31(34)35)28-21-8-4-2-5-9-21/h3,6-7,10-18,21,28H,2,4-5,8-9H2,1H3,(H,29,32). The number of nitrogens with zero attached hydrogens (tertiary/aromatic N) is 2. The van der Waals surface area contributed by atoms with Crippen molar-refractivity contribution in [1.82, 2.24) is 0 Å². The molecule has 0 atom stereocenters. The van der Waals surface area contributed by atoms with E-state index in [2.05, 4.69) is 10.6 Å². The molecule has 0 spiro atoms. The highest BCUT2D eigenvalue weighted by molar-refractivity contribution is 6.07. The second-order valence-electron chi connectivity index (χ2n) is 8.70. The Balaban J connectivity index is 1.44. The highest BCUT2D eigenvalue weighted by atomic mass is 16.6. The van der Waals surface area contributed by atoms with Crippen molar-refractivity contribution in [2.45, 2.75) is 38.1 Å². The normalized spacial score (nSPS) is 13.6. The number of hydrogen-bond donors (Lipinski definition) is 2. The van der Waals surface area contributed by atoms with Crippen LogP contribution in [0.4, 0.5) is 22.7 Å². The molecule has 0 saturated heterocycles. The fraction of sp³-hybridized carbons (Fsp3) is 0.259. The summed E-state index contributed by atoms with van der Waals surface area (Å²) in [4.78, 5) is 38.3. The number of carbonyl (C=O) groups excluding carboxylic acids is 2. The molecule has 0 aliphatic heterocycles. The predicted octanol–water partition coefficient (Wildman–Crippen LogP) is 5.87. The quantitative estimate of drug-likeness (QED) is 0.331. The molecule has 1 aliphatic rings. The topological polar surface area (TPSA) is 105 Å². The van der Waals surface area contributed by atoms with E-state index in [1.165, 1.54) is 12.5 Å². The maximum Gasteiger partial charge on any atom is 0.293 e. The van der Waals surface area contributed by atoms with Crippen LogP contribution >= 0.6 is 0 Å². The predicted molar refractivity (Wildman–Crippen MR) is 137 cm³/mol. The Bertz CT molecular complexity index is 1210. The molecule has 1 fully saturated rings. The highest BCUT2D eigenvalue weighted by Crippen LogP contribution is 2.30. The van der Waals surface area contributed by atoms with Gasteiger partial charge >= 0.3 is 0 Å². The molecule has 2 amide bonds. The SMILES string of the molecule is CN(C(=O)c1ccc(NC(=O)c2ccc(NC3CCCCC3)c([N+](=O)[O-])c2)cc1)c1ccccc1. The van der Waals surface area contributed by atoms with Crippen molar-refractivity contribution in [3.8, 4) is 0 Å². The smallest absolute Gasteiger partial charge is 0.293 e. The molecule has 35 heavy (non-hydrogen) atoms. The highest BCUT2D eigenvalue weighted by Gasteiger charge is 2.21. The minimum absolute atomic E-state index is 0.117. The Kier molecular flexibility index (Phi) is 7.40. The molecule has 0 bridgehead atoms. The van der Waals surface area contributed by atoms with Gasteiger partial charge in [-0.25, -0.2) is 0 Å². The molecule has 0 heterocycles. The Morgan fingerprint density at radius 1 is 0.914 bits per heavy atom. The van der Waals surface area contributed by atoms with Crippen molar-refractivity contribution in [2.75, 3.05) is 22.6 Å². The van der Waals surface area contributed by atoms with Gasteiger partial charge in [0.1, 0.15) is 5.69 Å². The molecule has 3 aromatic rings. The van der Waals surface area contributed by atoms with Crippen molar-refractivity contribution in [3.63, 3.8) is 0 Å². The van der Waals surface area contributed by atoms with Crippen LogP contribution in [-0.4, -0.2) is 29.8 Å². The first kappa shape index (κ1) is 23.9. The van der Waals surface area contributed by atoms with Gasteiger partial charge in [-0.05, 0) is 61.4 Å². The summed E-state index contributed by atoms with van der Waals surface area (Å²) in [6.45, 7) is 0. The minimum atomic E-state index is -0.467. The number of carbonyl (C=O) groups is 2. The van der Waals surface area contributed by atoms with Crippen molar-refractivity contribution >= 4 is 34.6 Å². The number of hydrogen-bond acceptors (Lipinski definition) is 5. The van der Waals surface area contributed by atoms with Gasteiger partial charge in [0.15, 0.2) is 0 Å².